The third kappa shape index (κ3) is 7.25. The van der Waals surface area contributed by atoms with Crippen LogP contribution in [0.5, 0.6) is 5.75 Å². The largest absolute Gasteiger partial charge is 0.497 e. The van der Waals surface area contributed by atoms with Gasteiger partial charge in [0.1, 0.15) is 18.3 Å². The summed E-state index contributed by atoms with van der Waals surface area (Å²) in [4.78, 5) is 28.8. The molecule has 0 heterocycles. The number of hydrogen-bond donors (Lipinski definition) is 1. The van der Waals surface area contributed by atoms with Crippen LogP contribution in [0.4, 0.5) is 5.69 Å². The zero-order valence-electron chi connectivity index (χ0n) is 22.5. The first-order chi connectivity index (χ1) is 17.5. The van der Waals surface area contributed by atoms with Crippen molar-refractivity contribution in [2.24, 2.45) is 0 Å². The van der Waals surface area contributed by atoms with Crippen molar-refractivity contribution in [2.45, 2.75) is 71.5 Å². The maximum atomic E-state index is 13.9. The van der Waals surface area contributed by atoms with E-state index in [0.717, 1.165) is 52.9 Å². The van der Waals surface area contributed by atoms with Crippen LogP contribution in [0.25, 0.3) is 0 Å². The molecule has 2 aromatic rings. The second kappa shape index (κ2) is 12.4. The Labute approximate surface area is 221 Å². The van der Waals surface area contributed by atoms with E-state index in [1.807, 2.05) is 51.1 Å². The minimum absolute atomic E-state index is 0.113. The van der Waals surface area contributed by atoms with Crippen molar-refractivity contribution in [3.63, 3.8) is 0 Å². The molecule has 2 aromatic carbocycles. The maximum absolute atomic E-state index is 13.9. The number of anilines is 1. The molecule has 1 fully saturated rings. The molecule has 1 saturated carbocycles. The van der Waals surface area contributed by atoms with E-state index in [-0.39, 0.29) is 18.5 Å². The highest BCUT2D eigenvalue weighted by atomic mass is 32.2. The molecule has 3 rings (SSSR count). The summed E-state index contributed by atoms with van der Waals surface area (Å²) in [5.74, 6) is 0.0532. The van der Waals surface area contributed by atoms with Gasteiger partial charge in [0.15, 0.2) is 0 Å². The summed E-state index contributed by atoms with van der Waals surface area (Å²) >= 11 is 0. The number of methoxy groups -OCH3 is 1. The molecule has 0 saturated heterocycles. The van der Waals surface area contributed by atoms with Crippen LogP contribution in [0.15, 0.2) is 42.5 Å². The number of carbonyl (C=O) groups is 2. The average Bonchev–Trinajstić information content (AvgIpc) is 3.35. The number of ether oxygens (including phenoxy) is 1. The quantitative estimate of drug-likeness (QED) is 0.476. The molecule has 1 atom stereocenters. The van der Waals surface area contributed by atoms with E-state index in [9.17, 15) is 18.0 Å². The zero-order chi connectivity index (χ0) is 27.2. The summed E-state index contributed by atoms with van der Waals surface area (Å²) in [6, 6.07) is 12.2. The average molecular weight is 530 g/mol. The number of benzene rings is 2. The number of nitrogens with one attached hydrogen (secondary N) is 1. The monoisotopic (exact) mass is 529 g/mol. The molecular weight excluding hydrogens is 490 g/mol. The summed E-state index contributed by atoms with van der Waals surface area (Å²) < 4.78 is 32.2. The lowest BCUT2D eigenvalue weighted by Gasteiger charge is -2.34. The number of carbonyl (C=O) groups excluding carboxylic acids is 2. The molecule has 202 valence electrons. The molecule has 0 spiro atoms. The van der Waals surface area contributed by atoms with Crippen molar-refractivity contribution >= 4 is 27.5 Å². The fourth-order valence-corrected chi connectivity index (χ4v) is 5.95. The molecule has 9 heteroatoms. The lowest BCUT2D eigenvalue weighted by Crippen LogP contribution is -2.53. The van der Waals surface area contributed by atoms with Crippen LogP contribution in [-0.4, -0.2) is 57.1 Å². The van der Waals surface area contributed by atoms with Gasteiger partial charge in [0.2, 0.25) is 21.8 Å². The van der Waals surface area contributed by atoms with Gasteiger partial charge in [-0.15, -0.1) is 0 Å². The van der Waals surface area contributed by atoms with Crippen LogP contribution < -0.4 is 14.4 Å². The number of para-hydroxylation sites is 1. The molecule has 2 amide bonds. The Bertz CT molecular complexity index is 1170. The normalized spacial score (nSPS) is 14.7. The summed E-state index contributed by atoms with van der Waals surface area (Å²) in [5.41, 5.74) is 2.82. The third-order valence-electron chi connectivity index (χ3n) is 6.97. The Morgan fingerprint density at radius 3 is 2.16 bits per heavy atom. The van der Waals surface area contributed by atoms with Gasteiger partial charge in [-0.1, -0.05) is 50.1 Å². The Morgan fingerprint density at radius 1 is 1.05 bits per heavy atom. The van der Waals surface area contributed by atoms with Crippen LogP contribution in [-0.2, 0) is 26.2 Å². The molecule has 37 heavy (non-hydrogen) atoms. The van der Waals surface area contributed by atoms with Crippen LogP contribution in [0.2, 0.25) is 0 Å². The molecule has 1 unspecified atom stereocenters. The van der Waals surface area contributed by atoms with Gasteiger partial charge in [0, 0.05) is 12.6 Å². The number of nitrogens with zero attached hydrogens (tertiary/aromatic N) is 2. The van der Waals surface area contributed by atoms with Crippen molar-refractivity contribution in [3.8, 4) is 5.75 Å². The minimum atomic E-state index is -3.78. The van der Waals surface area contributed by atoms with Crippen molar-refractivity contribution in [1.82, 2.24) is 10.2 Å². The van der Waals surface area contributed by atoms with Gasteiger partial charge in [-0.3, -0.25) is 13.9 Å². The number of rotatable bonds is 11. The molecule has 8 nitrogen and oxygen atoms in total. The fraction of sp³-hybridized carbons (Fsp3) is 0.500. The minimum Gasteiger partial charge on any atom is -0.497 e. The Kier molecular flexibility index (Phi) is 9.59. The van der Waals surface area contributed by atoms with Gasteiger partial charge in [0.25, 0.3) is 0 Å². The number of hydrogen-bond acceptors (Lipinski definition) is 5. The van der Waals surface area contributed by atoms with Crippen LogP contribution in [0, 0.1) is 13.8 Å². The molecule has 0 radical (unpaired) electrons. The SMILES string of the molecule is CCC(C(=O)NC1CCCC1)N(Cc1ccc(OC)cc1)C(=O)CN(c1c(C)cccc1C)S(C)(=O)=O. The Balaban J connectivity index is 1.95. The van der Waals surface area contributed by atoms with E-state index in [0.29, 0.717) is 17.9 Å². The zero-order valence-corrected chi connectivity index (χ0v) is 23.3. The lowest BCUT2D eigenvalue weighted by molar-refractivity contribution is -0.140. The second-order valence-electron chi connectivity index (χ2n) is 9.79. The molecule has 0 bridgehead atoms. The number of aryl methyl sites for hydroxylation is 2. The van der Waals surface area contributed by atoms with Gasteiger partial charge >= 0.3 is 0 Å². The first-order valence-electron chi connectivity index (χ1n) is 12.8. The molecule has 1 aliphatic rings. The standard InChI is InChI=1S/C28H39N3O5S/c1-6-25(28(33)29-23-12-7-8-13-23)30(18-22-14-16-24(36-4)17-15-22)26(32)19-31(37(5,34)35)27-20(2)10-9-11-21(27)3/h9-11,14-17,23,25H,6-8,12-13,18-19H2,1-5H3,(H,29,33). The smallest absolute Gasteiger partial charge is 0.244 e. The van der Waals surface area contributed by atoms with E-state index in [1.54, 1.807) is 19.2 Å². The van der Waals surface area contributed by atoms with E-state index in [2.05, 4.69) is 5.32 Å². The first-order valence-corrected chi connectivity index (χ1v) is 14.7. The first kappa shape index (κ1) is 28.5. The Morgan fingerprint density at radius 2 is 1.65 bits per heavy atom. The van der Waals surface area contributed by atoms with Crippen LogP contribution in [0.3, 0.4) is 0 Å². The summed E-state index contributed by atoms with van der Waals surface area (Å²) in [6.45, 7) is 5.29. The highest BCUT2D eigenvalue weighted by molar-refractivity contribution is 7.92. The molecular formula is C28H39N3O5S. The lowest BCUT2D eigenvalue weighted by atomic mass is 10.1. The highest BCUT2D eigenvalue weighted by Gasteiger charge is 2.33. The summed E-state index contributed by atoms with van der Waals surface area (Å²) in [5, 5.41) is 3.12. The predicted octanol–water partition coefficient (Wildman–Crippen LogP) is 3.94. The molecule has 1 N–H and O–H groups in total. The van der Waals surface area contributed by atoms with Gasteiger partial charge in [-0.25, -0.2) is 8.42 Å². The molecule has 1 aliphatic carbocycles. The van der Waals surface area contributed by atoms with Crippen molar-refractivity contribution in [2.75, 3.05) is 24.2 Å². The topological polar surface area (TPSA) is 96.0 Å². The van der Waals surface area contributed by atoms with Gasteiger partial charge in [-0.2, -0.15) is 0 Å². The fourth-order valence-electron chi connectivity index (χ4n) is 4.99. The highest BCUT2D eigenvalue weighted by Crippen LogP contribution is 2.27. The second-order valence-corrected chi connectivity index (χ2v) is 11.7. The van der Waals surface area contributed by atoms with Crippen LogP contribution in [0.1, 0.15) is 55.7 Å². The predicted molar refractivity (Wildman–Crippen MR) is 146 cm³/mol. The van der Waals surface area contributed by atoms with Gasteiger partial charge in [-0.05, 0) is 61.9 Å². The van der Waals surface area contributed by atoms with Crippen LogP contribution >= 0.6 is 0 Å². The molecule has 0 aliphatic heterocycles. The summed E-state index contributed by atoms with van der Waals surface area (Å²) in [7, 11) is -2.19. The Hall–Kier alpha value is -3.07. The summed E-state index contributed by atoms with van der Waals surface area (Å²) in [6.07, 6.45) is 5.53. The number of sulfonamides is 1. The number of amides is 2. The third-order valence-corrected chi connectivity index (χ3v) is 8.08. The van der Waals surface area contributed by atoms with Crippen molar-refractivity contribution in [3.05, 3.63) is 59.2 Å². The van der Waals surface area contributed by atoms with Gasteiger partial charge < -0.3 is 15.0 Å². The molecule has 0 aromatic heterocycles. The van der Waals surface area contributed by atoms with E-state index in [1.165, 1.54) is 4.90 Å². The maximum Gasteiger partial charge on any atom is 0.244 e. The van der Waals surface area contributed by atoms with Crippen molar-refractivity contribution in [1.29, 1.82) is 0 Å². The van der Waals surface area contributed by atoms with E-state index < -0.39 is 28.5 Å². The van der Waals surface area contributed by atoms with E-state index in [4.69, 9.17) is 4.74 Å². The van der Waals surface area contributed by atoms with E-state index >= 15 is 0 Å². The van der Waals surface area contributed by atoms with Crippen molar-refractivity contribution < 1.29 is 22.7 Å². The van der Waals surface area contributed by atoms with Gasteiger partial charge in [0.05, 0.1) is 19.1 Å².